The van der Waals surface area contributed by atoms with E-state index in [9.17, 15) is 5.26 Å². The van der Waals surface area contributed by atoms with Gasteiger partial charge in [0.2, 0.25) is 0 Å². The van der Waals surface area contributed by atoms with Crippen molar-refractivity contribution in [3.8, 4) is 6.07 Å². The first-order valence-corrected chi connectivity index (χ1v) is 5.31. The molecule has 2 heterocycles. The van der Waals surface area contributed by atoms with Crippen LogP contribution < -0.4 is 0 Å². The average Bonchev–Trinajstić information content (AvgIpc) is 2.34. The largest absolute Gasteiger partial charge is 0.379 e. The third kappa shape index (κ3) is 2.35. The quantitative estimate of drug-likeness (QED) is 0.730. The molecule has 0 amide bonds. The lowest BCUT2D eigenvalue weighted by Crippen LogP contribution is -2.38. The Labute approximate surface area is 94.7 Å². The highest BCUT2D eigenvalue weighted by Crippen LogP contribution is 2.19. The summed E-state index contributed by atoms with van der Waals surface area (Å²) in [5.74, 6) is 0.724. The van der Waals surface area contributed by atoms with E-state index in [1.807, 2.05) is 6.92 Å². The molecule has 0 radical (unpaired) electrons. The second kappa shape index (κ2) is 5.01. The molecule has 1 fully saturated rings. The van der Waals surface area contributed by atoms with Crippen LogP contribution in [0.5, 0.6) is 0 Å². The topological polar surface area (TPSA) is 62.0 Å². The van der Waals surface area contributed by atoms with Crippen LogP contribution in [0.4, 0.5) is 0 Å². The van der Waals surface area contributed by atoms with Crippen molar-refractivity contribution in [1.82, 2.24) is 14.9 Å². The molecule has 0 unspecified atom stereocenters. The van der Waals surface area contributed by atoms with Crippen LogP contribution in [0.15, 0.2) is 12.4 Å². The minimum absolute atomic E-state index is 0.260. The summed E-state index contributed by atoms with van der Waals surface area (Å²) in [4.78, 5) is 10.3. The normalized spacial score (nSPS) is 19.0. The number of hydrogen-bond acceptors (Lipinski definition) is 5. The van der Waals surface area contributed by atoms with Crippen LogP contribution in [0.1, 0.15) is 17.4 Å². The summed E-state index contributed by atoms with van der Waals surface area (Å²) in [6.07, 6.45) is 3.46. The zero-order chi connectivity index (χ0) is 11.4. The van der Waals surface area contributed by atoms with E-state index in [1.165, 1.54) is 0 Å². The van der Waals surface area contributed by atoms with Gasteiger partial charge < -0.3 is 4.74 Å². The Morgan fingerprint density at radius 3 is 2.56 bits per heavy atom. The van der Waals surface area contributed by atoms with Crippen LogP contribution >= 0.6 is 0 Å². The fourth-order valence-electron chi connectivity index (χ4n) is 1.75. The van der Waals surface area contributed by atoms with Gasteiger partial charge in [-0.05, 0) is 6.92 Å². The number of morpholine rings is 1. The molecule has 0 spiro atoms. The molecule has 2 rings (SSSR count). The van der Waals surface area contributed by atoms with E-state index in [-0.39, 0.29) is 6.04 Å². The monoisotopic (exact) mass is 218 g/mol. The van der Waals surface area contributed by atoms with Gasteiger partial charge in [-0.3, -0.25) is 4.90 Å². The number of aromatic nitrogens is 2. The van der Waals surface area contributed by atoms with Gasteiger partial charge in [-0.1, -0.05) is 0 Å². The first-order valence-electron chi connectivity index (χ1n) is 5.31. The van der Waals surface area contributed by atoms with Gasteiger partial charge in [0.05, 0.1) is 19.3 Å². The van der Waals surface area contributed by atoms with E-state index in [2.05, 4.69) is 20.9 Å². The third-order valence-electron chi connectivity index (χ3n) is 2.65. The number of nitrogens with zero attached hydrogens (tertiary/aromatic N) is 4. The van der Waals surface area contributed by atoms with Gasteiger partial charge in [-0.25, -0.2) is 9.97 Å². The van der Waals surface area contributed by atoms with Crippen molar-refractivity contribution in [3.05, 3.63) is 23.8 Å². The van der Waals surface area contributed by atoms with E-state index in [1.54, 1.807) is 12.4 Å². The molecule has 0 saturated carbocycles. The molecule has 0 aromatic carbocycles. The number of rotatable bonds is 2. The summed E-state index contributed by atoms with van der Waals surface area (Å²) in [6, 6.07) is 2.04. The molecule has 0 N–H and O–H groups in total. The summed E-state index contributed by atoms with van der Waals surface area (Å²) in [7, 11) is 0. The minimum Gasteiger partial charge on any atom is -0.379 e. The highest BCUT2D eigenvalue weighted by atomic mass is 16.5. The number of nitriles is 1. The Kier molecular flexibility index (Phi) is 3.44. The molecule has 5 heteroatoms. The zero-order valence-electron chi connectivity index (χ0n) is 9.26. The van der Waals surface area contributed by atoms with Crippen LogP contribution in [0, 0.1) is 18.3 Å². The standard InChI is InChI=1S/C11H14N4O/c1-9-13-7-10(8-14-9)11(6-12)15-2-4-16-5-3-15/h7-8,11H,2-5H2,1H3/t11-/m1/s1. The lowest BCUT2D eigenvalue weighted by Gasteiger charge is -2.30. The summed E-state index contributed by atoms with van der Waals surface area (Å²) in [6.45, 7) is 4.77. The lowest BCUT2D eigenvalue weighted by molar-refractivity contribution is 0.0265. The molecule has 1 atom stereocenters. The average molecular weight is 218 g/mol. The molecule has 1 aromatic heterocycles. The molecule has 1 aliphatic rings. The number of hydrogen-bond donors (Lipinski definition) is 0. The Morgan fingerprint density at radius 2 is 2.00 bits per heavy atom. The van der Waals surface area contributed by atoms with Crippen molar-refractivity contribution in [3.63, 3.8) is 0 Å². The van der Waals surface area contributed by atoms with E-state index < -0.39 is 0 Å². The first-order chi connectivity index (χ1) is 7.81. The van der Waals surface area contributed by atoms with Crippen molar-refractivity contribution in [1.29, 1.82) is 5.26 Å². The second-order valence-corrected chi connectivity index (χ2v) is 3.74. The van der Waals surface area contributed by atoms with E-state index in [0.29, 0.717) is 13.2 Å². The Hall–Kier alpha value is -1.51. The van der Waals surface area contributed by atoms with E-state index >= 15 is 0 Å². The molecule has 1 aliphatic heterocycles. The fourth-order valence-corrected chi connectivity index (χ4v) is 1.75. The molecular weight excluding hydrogens is 204 g/mol. The summed E-state index contributed by atoms with van der Waals surface area (Å²) in [5, 5.41) is 9.21. The van der Waals surface area contributed by atoms with Gasteiger partial charge in [0.25, 0.3) is 0 Å². The Balaban J connectivity index is 2.15. The highest BCUT2D eigenvalue weighted by molar-refractivity contribution is 5.18. The molecule has 84 valence electrons. The summed E-state index contributed by atoms with van der Waals surface area (Å²) in [5.41, 5.74) is 0.856. The fraction of sp³-hybridized carbons (Fsp3) is 0.545. The van der Waals surface area contributed by atoms with Crippen molar-refractivity contribution in [2.45, 2.75) is 13.0 Å². The number of aryl methyl sites for hydroxylation is 1. The zero-order valence-corrected chi connectivity index (χ0v) is 9.26. The van der Waals surface area contributed by atoms with Crippen molar-refractivity contribution >= 4 is 0 Å². The Bertz CT molecular complexity index is 378. The van der Waals surface area contributed by atoms with Gasteiger partial charge in [0.15, 0.2) is 0 Å². The van der Waals surface area contributed by atoms with Gasteiger partial charge in [-0.2, -0.15) is 5.26 Å². The summed E-state index contributed by atoms with van der Waals surface area (Å²) < 4.78 is 5.27. The number of ether oxygens (including phenoxy) is 1. The van der Waals surface area contributed by atoms with Gasteiger partial charge >= 0.3 is 0 Å². The molecular formula is C11H14N4O. The van der Waals surface area contributed by atoms with Crippen LogP contribution in [0.25, 0.3) is 0 Å². The maximum Gasteiger partial charge on any atom is 0.127 e. The van der Waals surface area contributed by atoms with Crippen molar-refractivity contribution < 1.29 is 4.74 Å². The maximum atomic E-state index is 9.21. The Morgan fingerprint density at radius 1 is 1.38 bits per heavy atom. The van der Waals surface area contributed by atoms with E-state index in [4.69, 9.17) is 4.74 Å². The summed E-state index contributed by atoms with van der Waals surface area (Å²) >= 11 is 0. The van der Waals surface area contributed by atoms with Crippen molar-refractivity contribution in [2.75, 3.05) is 26.3 Å². The first kappa shape index (κ1) is 11.0. The smallest absolute Gasteiger partial charge is 0.127 e. The molecule has 0 aliphatic carbocycles. The maximum absolute atomic E-state index is 9.21. The van der Waals surface area contributed by atoms with Crippen LogP contribution in [0.3, 0.4) is 0 Å². The van der Waals surface area contributed by atoms with Crippen LogP contribution in [-0.2, 0) is 4.74 Å². The molecule has 5 nitrogen and oxygen atoms in total. The van der Waals surface area contributed by atoms with Crippen LogP contribution in [-0.4, -0.2) is 41.2 Å². The minimum atomic E-state index is -0.260. The van der Waals surface area contributed by atoms with Gasteiger partial charge in [-0.15, -0.1) is 0 Å². The van der Waals surface area contributed by atoms with E-state index in [0.717, 1.165) is 24.5 Å². The third-order valence-corrected chi connectivity index (χ3v) is 2.65. The molecule has 1 aromatic rings. The predicted molar refractivity (Wildman–Crippen MR) is 57.5 cm³/mol. The molecule has 1 saturated heterocycles. The molecule has 16 heavy (non-hydrogen) atoms. The SMILES string of the molecule is Cc1ncc([C@@H](C#N)N2CCOCC2)cn1. The lowest BCUT2D eigenvalue weighted by atomic mass is 10.1. The van der Waals surface area contributed by atoms with Crippen LogP contribution in [0.2, 0.25) is 0 Å². The van der Waals surface area contributed by atoms with Gasteiger partial charge in [0, 0.05) is 31.0 Å². The second-order valence-electron chi connectivity index (χ2n) is 3.74. The predicted octanol–water partition coefficient (Wildman–Crippen LogP) is 0.682. The highest BCUT2D eigenvalue weighted by Gasteiger charge is 2.22. The van der Waals surface area contributed by atoms with Gasteiger partial charge in [0.1, 0.15) is 11.9 Å². The van der Waals surface area contributed by atoms with Crippen molar-refractivity contribution in [2.24, 2.45) is 0 Å². The molecule has 0 bridgehead atoms.